The number of benzene rings is 1. The topological polar surface area (TPSA) is 50.4 Å². The zero-order valence-corrected chi connectivity index (χ0v) is 9.93. The summed E-state index contributed by atoms with van der Waals surface area (Å²) >= 11 is 0. The Balaban J connectivity index is 2.02. The van der Waals surface area contributed by atoms with Crippen molar-refractivity contribution >= 4 is 5.97 Å². The first-order valence-electron chi connectivity index (χ1n) is 6.18. The summed E-state index contributed by atoms with van der Waals surface area (Å²) in [5.74, 6) is 0.213. The standard InChI is InChI=1S/C15H14O3/c16-15(17)14-9-8-13(18-14)12-7-2-1-6-11(12)10-4-3-5-10/h1-2,6-10H,3-5H2,(H,16,17). The van der Waals surface area contributed by atoms with Crippen molar-refractivity contribution in [3.8, 4) is 11.3 Å². The van der Waals surface area contributed by atoms with Gasteiger partial charge in [-0.25, -0.2) is 4.79 Å². The summed E-state index contributed by atoms with van der Waals surface area (Å²) in [7, 11) is 0. The van der Waals surface area contributed by atoms with Crippen molar-refractivity contribution in [1.29, 1.82) is 0 Å². The van der Waals surface area contributed by atoms with Crippen LogP contribution in [0, 0.1) is 0 Å². The predicted molar refractivity (Wildman–Crippen MR) is 67.7 cm³/mol. The zero-order chi connectivity index (χ0) is 12.5. The first-order valence-corrected chi connectivity index (χ1v) is 6.18. The normalized spacial score (nSPS) is 15.3. The maximum atomic E-state index is 10.8. The summed E-state index contributed by atoms with van der Waals surface area (Å²) in [5.41, 5.74) is 2.30. The Morgan fingerprint density at radius 1 is 1.17 bits per heavy atom. The van der Waals surface area contributed by atoms with Gasteiger partial charge in [-0.1, -0.05) is 30.7 Å². The van der Waals surface area contributed by atoms with Crippen molar-refractivity contribution in [2.75, 3.05) is 0 Å². The van der Waals surface area contributed by atoms with E-state index in [9.17, 15) is 4.79 Å². The Morgan fingerprint density at radius 2 is 1.94 bits per heavy atom. The van der Waals surface area contributed by atoms with Gasteiger partial charge in [0.25, 0.3) is 0 Å². The van der Waals surface area contributed by atoms with Gasteiger partial charge in [-0.15, -0.1) is 0 Å². The summed E-state index contributed by atoms with van der Waals surface area (Å²) in [6, 6.07) is 11.3. The minimum Gasteiger partial charge on any atom is -0.475 e. The molecule has 0 aliphatic heterocycles. The molecule has 1 aliphatic carbocycles. The van der Waals surface area contributed by atoms with E-state index in [1.807, 2.05) is 18.2 Å². The molecule has 0 amide bonds. The van der Waals surface area contributed by atoms with Gasteiger partial charge in [-0.3, -0.25) is 0 Å². The maximum absolute atomic E-state index is 10.8. The van der Waals surface area contributed by atoms with Crippen LogP contribution in [0.3, 0.4) is 0 Å². The lowest BCUT2D eigenvalue weighted by Crippen LogP contribution is -2.09. The lowest BCUT2D eigenvalue weighted by Gasteiger charge is -2.27. The lowest BCUT2D eigenvalue weighted by molar-refractivity contribution is 0.0663. The van der Waals surface area contributed by atoms with Crippen LogP contribution in [-0.4, -0.2) is 11.1 Å². The second-order valence-corrected chi connectivity index (χ2v) is 4.68. The van der Waals surface area contributed by atoms with E-state index < -0.39 is 5.97 Å². The first-order chi connectivity index (χ1) is 8.75. The highest BCUT2D eigenvalue weighted by atomic mass is 16.4. The van der Waals surface area contributed by atoms with Gasteiger partial charge in [-0.2, -0.15) is 0 Å². The second kappa shape index (κ2) is 4.33. The Labute approximate surface area is 105 Å². The molecule has 0 bridgehead atoms. The van der Waals surface area contributed by atoms with Gasteiger partial charge in [0.1, 0.15) is 5.76 Å². The van der Waals surface area contributed by atoms with Crippen LogP contribution in [0.5, 0.6) is 0 Å². The molecule has 3 nitrogen and oxygen atoms in total. The van der Waals surface area contributed by atoms with Crippen LogP contribution in [0.15, 0.2) is 40.8 Å². The number of aromatic carboxylic acids is 1. The fourth-order valence-electron chi connectivity index (χ4n) is 2.39. The highest BCUT2D eigenvalue weighted by Crippen LogP contribution is 2.41. The van der Waals surface area contributed by atoms with Gasteiger partial charge in [0.15, 0.2) is 0 Å². The SMILES string of the molecule is O=C(O)c1ccc(-c2ccccc2C2CCC2)o1. The highest BCUT2D eigenvalue weighted by molar-refractivity contribution is 5.85. The number of carbonyl (C=O) groups is 1. The van der Waals surface area contributed by atoms with Crippen LogP contribution < -0.4 is 0 Å². The van der Waals surface area contributed by atoms with Gasteiger partial charge in [-0.05, 0) is 36.5 Å². The van der Waals surface area contributed by atoms with Crippen LogP contribution in [0.25, 0.3) is 11.3 Å². The molecule has 0 unspecified atom stereocenters. The number of furan rings is 1. The summed E-state index contributed by atoms with van der Waals surface area (Å²) in [4.78, 5) is 10.8. The van der Waals surface area contributed by atoms with Crippen molar-refractivity contribution in [2.24, 2.45) is 0 Å². The van der Waals surface area contributed by atoms with E-state index in [4.69, 9.17) is 9.52 Å². The highest BCUT2D eigenvalue weighted by Gasteiger charge is 2.23. The third kappa shape index (κ3) is 1.82. The number of hydrogen-bond acceptors (Lipinski definition) is 2. The van der Waals surface area contributed by atoms with Gasteiger partial charge in [0.05, 0.1) is 0 Å². The fourth-order valence-corrected chi connectivity index (χ4v) is 2.39. The molecule has 1 aliphatic rings. The van der Waals surface area contributed by atoms with Gasteiger partial charge < -0.3 is 9.52 Å². The average molecular weight is 242 g/mol. The van der Waals surface area contributed by atoms with E-state index in [1.165, 1.54) is 30.9 Å². The van der Waals surface area contributed by atoms with Crippen LogP contribution >= 0.6 is 0 Å². The largest absolute Gasteiger partial charge is 0.475 e. The quantitative estimate of drug-likeness (QED) is 0.887. The Kier molecular flexibility index (Phi) is 2.67. The zero-order valence-electron chi connectivity index (χ0n) is 9.93. The van der Waals surface area contributed by atoms with E-state index in [2.05, 4.69) is 6.07 Å². The molecule has 1 fully saturated rings. The number of carboxylic acid groups (broad SMARTS) is 1. The fraction of sp³-hybridized carbons (Fsp3) is 0.267. The van der Waals surface area contributed by atoms with E-state index in [0.717, 1.165) is 5.56 Å². The van der Waals surface area contributed by atoms with Crippen LogP contribution in [-0.2, 0) is 0 Å². The minimum atomic E-state index is -1.03. The summed E-state index contributed by atoms with van der Waals surface area (Å²) < 4.78 is 5.39. The summed E-state index contributed by atoms with van der Waals surface area (Å²) in [6.07, 6.45) is 3.70. The molecular weight excluding hydrogens is 228 g/mol. The third-order valence-electron chi connectivity index (χ3n) is 3.59. The average Bonchev–Trinajstić information content (AvgIpc) is 2.77. The molecule has 1 heterocycles. The smallest absolute Gasteiger partial charge is 0.371 e. The summed E-state index contributed by atoms with van der Waals surface area (Å²) in [5, 5.41) is 8.89. The number of rotatable bonds is 3. The van der Waals surface area contributed by atoms with Crippen molar-refractivity contribution in [3.63, 3.8) is 0 Å². The van der Waals surface area contributed by atoms with Crippen molar-refractivity contribution in [2.45, 2.75) is 25.2 Å². The summed E-state index contributed by atoms with van der Waals surface area (Å²) in [6.45, 7) is 0. The van der Waals surface area contributed by atoms with Crippen LogP contribution in [0.4, 0.5) is 0 Å². The lowest BCUT2D eigenvalue weighted by atomic mass is 9.78. The minimum absolute atomic E-state index is 0.00610. The molecule has 18 heavy (non-hydrogen) atoms. The molecule has 1 N–H and O–H groups in total. The number of hydrogen-bond donors (Lipinski definition) is 1. The van der Waals surface area contributed by atoms with Crippen molar-refractivity contribution in [3.05, 3.63) is 47.7 Å². The van der Waals surface area contributed by atoms with Gasteiger partial charge in [0.2, 0.25) is 5.76 Å². The molecular formula is C15H14O3. The Bertz CT molecular complexity index is 579. The monoisotopic (exact) mass is 242 g/mol. The molecule has 2 aromatic rings. The van der Waals surface area contributed by atoms with Crippen LogP contribution in [0.1, 0.15) is 41.3 Å². The van der Waals surface area contributed by atoms with E-state index in [-0.39, 0.29) is 5.76 Å². The predicted octanol–water partition coefficient (Wildman–Crippen LogP) is 3.91. The van der Waals surface area contributed by atoms with Gasteiger partial charge in [0, 0.05) is 5.56 Å². The maximum Gasteiger partial charge on any atom is 0.371 e. The van der Waals surface area contributed by atoms with E-state index in [0.29, 0.717) is 11.7 Å². The molecule has 0 radical (unpaired) electrons. The molecule has 92 valence electrons. The molecule has 0 spiro atoms. The Hall–Kier alpha value is -2.03. The molecule has 3 rings (SSSR count). The molecule has 0 saturated heterocycles. The molecule has 3 heteroatoms. The molecule has 0 atom stereocenters. The van der Waals surface area contributed by atoms with Crippen LogP contribution in [0.2, 0.25) is 0 Å². The second-order valence-electron chi connectivity index (χ2n) is 4.68. The molecule has 1 aromatic heterocycles. The first kappa shape index (κ1) is 11.1. The Morgan fingerprint density at radius 3 is 2.56 bits per heavy atom. The van der Waals surface area contributed by atoms with E-state index in [1.54, 1.807) is 6.07 Å². The molecule has 1 aromatic carbocycles. The third-order valence-corrected chi connectivity index (χ3v) is 3.59. The van der Waals surface area contributed by atoms with E-state index >= 15 is 0 Å². The molecule has 1 saturated carbocycles. The number of carboxylic acids is 1. The van der Waals surface area contributed by atoms with Crippen molar-refractivity contribution < 1.29 is 14.3 Å². The van der Waals surface area contributed by atoms with Crippen molar-refractivity contribution in [1.82, 2.24) is 0 Å². The van der Waals surface area contributed by atoms with Gasteiger partial charge >= 0.3 is 5.97 Å².